The Kier molecular flexibility index (Phi) is 2.34. The van der Waals surface area contributed by atoms with E-state index in [4.69, 9.17) is 15.3 Å². The number of nitrogens with one attached hydrogen (secondary N) is 1. The largest absolute Gasteiger partial charge is 0.479 e. The van der Waals surface area contributed by atoms with Crippen LogP contribution < -0.4 is 5.32 Å². The highest BCUT2D eigenvalue weighted by Gasteiger charge is 2.49. The fourth-order valence-corrected chi connectivity index (χ4v) is 1.15. The molecule has 0 aliphatic carbocycles. The Morgan fingerprint density at radius 2 is 2.08 bits per heavy atom. The summed E-state index contributed by atoms with van der Waals surface area (Å²) in [5.41, 5.74) is -2.28. The van der Waals surface area contributed by atoms with Crippen LogP contribution in [0.2, 0.25) is 0 Å². The van der Waals surface area contributed by atoms with Crippen molar-refractivity contribution in [2.45, 2.75) is 17.8 Å². The standard InChI is InChI=1S/C6H11NO5/c8-3-1-7-2-6(12,4(3)9)5(10)11/h3-4,7-9,12H,1-2H2,(H,10,11)/t3-,4-,6-/m1/s1. The molecule has 1 fully saturated rings. The van der Waals surface area contributed by atoms with Crippen molar-refractivity contribution in [1.29, 1.82) is 0 Å². The number of aliphatic hydroxyl groups excluding tert-OH is 2. The molecule has 0 aromatic heterocycles. The van der Waals surface area contributed by atoms with Gasteiger partial charge in [-0.3, -0.25) is 0 Å². The van der Waals surface area contributed by atoms with Crippen LogP contribution in [-0.2, 0) is 4.79 Å². The lowest BCUT2D eigenvalue weighted by molar-refractivity contribution is -0.186. The summed E-state index contributed by atoms with van der Waals surface area (Å²) in [6, 6.07) is 0. The van der Waals surface area contributed by atoms with Gasteiger partial charge in [0.05, 0.1) is 6.10 Å². The predicted octanol–water partition coefficient (Wildman–Crippen LogP) is -2.87. The SMILES string of the molecule is O=C(O)[C@@]1(O)CNC[C@@H](O)[C@H]1O. The first-order valence-electron chi connectivity index (χ1n) is 3.51. The summed E-state index contributed by atoms with van der Waals surface area (Å²) in [6.45, 7) is -0.183. The Bertz CT molecular complexity index is 196. The second-order valence-electron chi connectivity index (χ2n) is 2.87. The first kappa shape index (κ1) is 9.40. The third-order valence-corrected chi connectivity index (χ3v) is 1.97. The average Bonchev–Trinajstić information content (AvgIpc) is 2.00. The molecule has 0 radical (unpaired) electrons. The highest BCUT2D eigenvalue weighted by Crippen LogP contribution is 2.17. The van der Waals surface area contributed by atoms with E-state index in [9.17, 15) is 9.90 Å². The zero-order chi connectivity index (χ0) is 9.35. The highest BCUT2D eigenvalue weighted by molar-refractivity contribution is 5.78. The van der Waals surface area contributed by atoms with E-state index in [1.165, 1.54) is 0 Å². The van der Waals surface area contributed by atoms with Gasteiger partial charge in [-0.25, -0.2) is 4.79 Å². The molecule has 0 amide bonds. The first-order chi connectivity index (χ1) is 5.48. The predicted molar refractivity (Wildman–Crippen MR) is 37.5 cm³/mol. The number of carbonyl (C=O) groups is 1. The number of piperidine rings is 1. The van der Waals surface area contributed by atoms with Gasteiger partial charge in [-0.2, -0.15) is 0 Å². The Labute approximate surface area is 68.4 Å². The first-order valence-corrected chi connectivity index (χ1v) is 3.51. The van der Waals surface area contributed by atoms with Crippen LogP contribution in [-0.4, -0.2) is 57.3 Å². The van der Waals surface area contributed by atoms with Crippen molar-refractivity contribution < 1.29 is 25.2 Å². The number of hydrogen-bond acceptors (Lipinski definition) is 5. The summed E-state index contributed by atoms with van der Waals surface area (Å²) in [6.07, 6.45) is -2.89. The highest BCUT2D eigenvalue weighted by atomic mass is 16.4. The molecule has 0 aromatic carbocycles. The minimum Gasteiger partial charge on any atom is -0.479 e. The lowest BCUT2D eigenvalue weighted by atomic mass is 9.89. The van der Waals surface area contributed by atoms with Crippen LogP contribution in [0.15, 0.2) is 0 Å². The summed E-state index contributed by atoms with van der Waals surface area (Å²) >= 11 is 0. The third kappa shape index (κ3) is 1.29. The molecule has 1 rings (SSSR count). The van der Waals surface area contributed by atoms with Gasteiger partial charge in [0.2, 0.25) is 5.60 Å². The molecule has 0 bridgehead atoms. The summed E-state index contributed by atoms with van der Waals surface area (Å²) in [7, 11) is 0. The van der Waals surface area contributed by atoms with Crippen LogP contribution in [0, 0.1) is 0 Å². The Morgan fingerprint density at radius 3 is 2.50 bits per heavy atom. The van der Waals surface area contributed by atoms with Gasteiger partial charge in [0, 0.05) is 13.1 Å². The Morgan fingerprint density at radius 1 is 1.50 bits per heavy atom. The Hall–Kier alpha value is -0.690. The van der Waals surface area contributed by atoms with Crippen molar-refractivity contribution in [3.05, 3.63) is 0 Å². The van der Waals surface area contributed by atoms with Gasteiger partial charge in [0.25, 0.3) is 0 Å². The van der Waals surface area contributed by atoms with Crippen molar-refractivity contribution in [2.24, 2.45) is 0 Å². The molecule has 1 heterocycles. The van der Waals surface area contributed by atoms with Gasteiger partial charge in [-0.15, -0.1) is 0 Å². The molecule has 0 unspecified atom stereocenters. The molecule has 0 aromatic rings. The number of hydrogen-bond donors (Lipinski definition) is 5. The summed E-state index contributed by atoms with van der Waals surface area (Å²) < 4.78 is 0. The molecule has 70 valence electrons. The molecular formula is C6H11NO5. The summed E-state index contributed by atoms with van der Waals surface area (Å²) in [4.78, 5) is 10.5. The van der Waals surface area contributed by atoms with Crippen LogP contribution >= 0.6 is 0 Å². The van der Waals surface area contributed by atoms with Crippen molar-refractivity contribution in [2.75, 3.05) is 13.1 Å². The Balaban J connectivity index is 2.81. The third-order valence-electron chi connectivity index (χ3n) is 1.97. The van der Waals surface area contributed by atoms with E-state index in [0.29, 0.717) is 0 Å². The van der Waals surface area contributed by atoms with Crippen LogP contribution in [0.4, 0.5) is 0 Å². The minimum absolute atomic E-state index is 0.0801. The number of rotatable bonds is 1. The number of carboxylic acid groups (broad SMARTS) is 1. The van der Waals surface area contributed by atoms with E-state index in [0.717, 1.165) is 0 Å². The van der Waals surface area contributed by atoms with E-state index in [1.54, 1.807) is 0 Å². The minimum atomic E-state index is -2.28. The molecule has 12 heavy (non-hydrogen) atoms. The van der Waals surface area contributed by atoms with E-state index >= 15 is 0 Å². The number of aliphatic hydroxyl groups is 3. The van der Waals surface area contributed by atoms with Crippen molar-refractivity contribution in [3.63, 3.8) is 0 Å². The van der Waals surface area contributed by atoms with Crippen molar-refractivity contribution >= 4 is 5.97 Å². The topological polar surface area (TPSA) is 110 Å². The number of β-amino-alcohol motifs (C(OH)–C–C–N with tert-alkyl or cyclic N) is 2. The molecule has 0 saturated carbocycles. The zero-order valence-electron chi connectivity index (χ0n) is 6.27. The van der Waals surface area contributed by atoms with Gasteiger partial charge >= 0.3 is 5.97 Å². The fraction of sp³-hybridized carbons (Fsp3) is 0.833. The maximum atomic E-state index is 10.5. The van der Waals surface area contributed by atoms with Gasteiger partial charge in [0.15, 0.2) is 0 Å². The normalized spacial score (nSPS) is 42.6. The average molecular weight is 177 g/mol. The smallest absolute Gasteiger partial charge is 0.339 e. The van der Waals surface area contributed by atoms with Crippen molar-refractivity contribution in [1.82, 2.24) is 5.32 Å². The molecule has 1 aliphatic heterocycles. The molecule has 6 nitrogen and oxygen atoms in total. The lowest BCUT2D eigenvalue weighted by Crippen LogP contribution is -2.66. The lowest BCUT2D eigenvalue weighted by Gasteiger charge is -2.36. The van der Waals surface area contributed by atoms with Gasteiger partial charge < -0.3 is 25.7 Å². The van der Waals surface area contributed by atoms with E-state index in [-0.39, 0.29) is 13.1 Å². The molecule has 5 N–H and O–H groups in total. The van der Waals surface area contributed by atoms with Gasteiger partial charge in [0.1, 0.15) is 6.10 Å². The van der Waals surface area contributed by atoms with E-state index in [1.807, 2.05) is 0 Å². The second kappa shape index (κ2) is 2.98. The van der Waals surface area contributed by atoms with E-state index < -0.39 is 23.8 Å². The number of carboxylic acids is 1. The molecular weight excluding hydrogens is 166 g/mol. The quantitative estimate of drug-likeness (QED) is 0.294. The zero-order valence-corrected chi connectivity index (χ0v) is 6.27. The van der Waals surface area contributed by atoms with E-state index in [2.05, 4.69) is 5.32 Å². The van der Waals surface area contributed by atoms with Crippen LogP contribution in [0.5, 0.6) is 0 Å². The maximum Gasteiger partial charge on any atom is 0.339 e. The second-order valence-corrected chi connectivity index (χ2v) is 2.87. The monoisotopic (exact) mass is 177 g/mol. The molecule has 6 heteroatoms. The van der Waals surface area contributed by atoms with Crippen LogP contribution in [0.3, 0.4) is 0 Å². The molecule has 0 spiro atoms. The maximum absolute atomic E-state index is 10.5. The van der Waals surface area contributed by atoms with Gasteiger partial charge in [-0.1, -0.05) is 0 Å². The van der Waals surface area contributed by atoms with Gasteiger partial charge in [-0.05, 0) is 0 Å². The molecule has 3 atom stereocenters. The molecule has 1 saturated heterocycles. The molecule has 1 aliphatic rings. The van der Waals surface area contributed by atoms with Crippen LogP contribution in [0.25, 0.3) is 0 Å². The van der Waals surface area contributed by atoms with Crippen molar-refractivity contribution in [3.8, 4) is 0 Å². The fourth-order valence-electron chi connectivity index (χ4n) is 1.15. The summed E-state index contributed by atoms with van der Waals surface area (Å²) in [5, 5.41) is 38.5. The summed E-state index contributed by atoms with van der Waals surface area (Å²) in [5.74, 6) is -1.54. The number of aliphatic carboxylic acids is 1. The van der Waals surface area contributed by atoms with Crippen LogP contribution in [0.1, 0.15) is 0 Å².